The summed E-state index contributed by atoms with van der Waals surface area (Å²) in [6.45, 7) is 4.44. The Bertz CT molecular complexity index is 530. The summed E-state index contributed by atoms with van der Waals surface area (Å²) in [5.41, 5.74) is 1.63. The van der Waals surface area contributed by atoms with E-state index in [-0.39, 0.29) is 11.9 Å². The molecule has 0 fully saturated rings. The summed E-state index contributed by atoms with van der Waals surface area (Å²) in [7, 11) is 0. The van der Waals surface area contributed by atoms with Gasteiger partial charge in [-0.25, -0.2) is 9.37 Å². The van der Waals surface area contributed by atoms with Crippen LogP contribution < -0.4 is 10.1 Å². The number of hydrogen-bond acceptors (Lipinski definition) is 4. The largest absolute Gasteiger partial charge is 0.478 e. The predicted molar refractivity (Wildman–Crippen MR) is 71.6 cm³/mol. The molecule has 0 bridgehead atoms. The van der Waals surface area contributed by atoms with E-state index in [0.29, 0.717) is 12.5 Å². The SMILES string of the molecule is CCOc1ccc(NC(C)c2cncc(F)c2)cn1. The summed E-state index contributed by atoms with van der Waals surface area (Å²) in [5, 5.41) is 3.23. The van der Waals surface area contributed by atoms with Gasteiger partial charge in [-0.1, -0.05) is 0 Å². The zero-order valence-corrected chi connectivity index (χ0v) is 10.9. The van der Waals surface area contributed by atoms with Crippen molar-refractivity contribution >= 4 is 5.69 Å². The van der Waals surface area contributed by atoms with Crippen molar-refractivity contribution in [2.75, 3.05) is 11.9 Å². The molecule has 0 saturated heterocycles. The maximum Gasteiger partial charge on any atom is 0.213 e. The normalized spacial score (nSPS) is 11.9. The summed E-state index contributed by atoms with van der Waals surface area (Å²) in [4.78, 5) is 7.99. The van der Waals surface area contributed by atoms with Crippen LogP contribution >= 0.6 is 0 Å². The molecule has 1 unspecified atom stereocenters. The molecular weight excluding hydrogens is 245 g/mol. The molecule has 0 radical (unpaired) electrons. The minimum Gasteiger partial charge on any atom is -0.478 e. The van der Waals surface area contributed by atoms with Crippen LogP contribution in [0.2, 0.25) is 0 Å². The number of nitrogens with one attached hydrogen (secondary N) is 1. The van der Waals surface area contributed by atoms with E-state index < -0.39 is 0 Å². The van der Waals surface area contributed by atoms with Gasteiger partial charge in [0, 0.05) is 12.3 Å². The van der Waals surface area contributed by atoms with Crippen LogP contribution in [0.15, 0.2) is 36.8 Å². The Kier molecular flexibility index (Phi) is 4.28. The van der Waals surface area contributed by atoms with E-state index in [4.69, 9.17) is 4.74 Å². The molecule has 4 nitrogen and oxygen atoms in total. The Hall–Kier alpha value is -2.17. The molecule has 2 heterocycles. The maximum atomic E-state index is 13.1. The Balaban J connectivity index is 2.04. The van der Waals surface area contributed by atoms with Crippen LogP contribution in [0.1, 0.15) is 25.5 Å². The lowest BCUT2D eigenvalue weighted by molar-refractivity contribution is 0.327. The van der Waals surface area contributed by atoms with E-state index in [1.807, 2.05) is 19.9 Å². The molecule has 2 aromatic rings. The molecule has 2 rings (SSSR count). The van der Waals surface area contributed by atoms with E-state index in [9.17, 15) is 4.39 Å². The second kappa shape index (κ2) is 6.13. The van der Waals surface area contributed by atoms with Crippen LogP contribution in [-0.2, 0) is 0 Å². The number of rotatable bonds is 5. The van der Waals surface area contributed by atoms with E-state index in [1.165, 1.54) is 12.3 Å². The van der Waals surface area contributed by atoms with Crippen molar-refractivity contribution in [3.05, 3.63) is 48.2 Å². The molecule has 0 amide bonds. The first-order valence-corrected chi connectivity index (χ1v) is 6.15. The summed E-state index contributed by atoms with van der Waals surface area (Å²) < 4.78 is 18.4. The first kappa shape index (κ1) is 13.3. The summed E-state index contributed by atoms with van der Waals surface area (Å²) in [5.74, 6) is 0.254. The van der Waals surface area contributed by atoms with Crippen molar-refractivity contribution in [2.24, 2.45) is 0 Å². The second-order valence-corrected chi connectivity index (χ2v) is 4.12. The molecule has 1 N–H and O–H groups in total. The van der Waals surface area contributed by atoms with Crippen molar-refractivity contribution in [1.29, 1.82) is 0 Å². The molecule has 0 aliphatic rings. The molecular formula is C14H16FN3O. The van der Waals surface area contributed by atoms with Gasteiger partial charge >= 0.3 is 0 Å². The molecule has 1 atom stereocenters. The van der Waals surface area contributed by atoms with Gasteiger partial charge in [-0.3, -0.25) is 4.98 Å². The van der Waals surface area contributed by atoms with Crippen LogP contribution in [-0.4, -0.2) is 16.6 Å². The highest BCUT2D eigenvalue weighted by molar-refractivity contribution is 5.44. The quantitative estimate of drug-likeness (QED) is 0.898. The molecule has 100 valence electrons. The maximum absolute atomic E-state index is 13.1. The van der Waals surface area contributed by atoms with E-state index in [0.717, 1.165) is 11.3 Å². The number of hydrogen-bond donors (Lipinski definition) is 1. The van der Waals surface area contributed by atoms with Crippen LogP contribution in [0.4, 0.5) is 10.1 Å². The second-order valence-electron chi connectivity index (χ2n) is 4.12. The fourth-order valence-electron chi connectivity index (χ4n) is 1.70. The van der Waals surface area contributed by atoms with Gasteiger partial charge in [-0.05, 0) is 31.5 Å². The van der Waals surface area contributed by atoms with Crippen molar-refractivity contribution < 1.29 is 9.13 Å². The van der Waals surface area contributed by atoms with Crippen molar-refractivity contribution in [3.63, 3.8) is 0 Å². The third kappa shape index (κ3) is 3.64. The molecule has 0 aromatic carbocycles. The molecule has 5 heteroatoms. The van der Waals surface area contributed by atoms with E-state index in [1.54, 1.807) is 18.5 Å². The third-order valence-corrected chi connectivity index (χ3v) is 2.64. The highest BCUT2D eigenvalue weighted by Gasteiger charge is 2.07. The molecule has 0 aliphatic carbocycles. The number of aromatic nitrogens is 2. The number of anilines is 1. The monoisotopic (exact) mass is 261 g/mol. The van der Waals surface area contributed by atoms with Gasteiger partial charge in [-0.15, -0.1) is 0 Å². The van der Waals surface area contributed by atoms with Crippen LogP contribution in [0, 0.1) is 5.82 Å². The van der Waals surface area contributed by atoms with Crippen molar-refractivity contribution in [3.8, 4) is 5.88 Å². The van der Waals surface area contributed by atoms with Crippen LogP contribution in [0.25, 0.3) is 0 Å². The fourth-order valence-corrected chi connectivity index (χ4v) is 1.70. The molecule has 19 heavy (non-hydrogen) atoms. The average molecular weight is 261 g/mol. The Morgan fingerprint density at radius 3 is 2.79 bits per heavy atom. The number of ether oxygens (including phenoxy) is 1. The molecule has 0 saturated carbocycles. The van der Waals surface area contributed by atoms with Gasteiger partial charge in [0.2, 0.25) is 5.88 Å². The molecule has 2 aromatic heterocycles. The topological polar surface area (TPSA) is 47.0 Å². The first-order chi connectivity index (χ1) is 9.19. The van der Waals surface area contributed by atoms with Gasteiger partial charge in [0.25, 0.3) is 0 Å². The lowest BCUT2D eigenvalue weighted by atomic mass is 10.1. The van der Waals surface area contributed by atoms with E-state index in [2.05, 4.69) is 15.3 Å². The average Bonchev–Trinajstić information content (AvgIpc) is 2.41. The Morgan fingerprint density at radius 1 is 1.32 bits per heavy atom. The number of pyridine rings is 2. The minimum atomic E-state index is -0.337. The standard InChI is InChI=1S/C14H16FN3O/c1-3-19-14-5-4-13(9-17-14)18-10(2)11-6-12(15)8-16-7-11/h4-10,18H,3H2,1-2H3. The highest BCUT2D eigenvalue weighted by atomic mass is 19.1. The number of nitrogens with zero attached hydrogens (tertiary/aromatic N) is 2. The summed E-state index contributed by atoms with van der Waals surface area (Å²) in [6, 6.07) is 5.08. The molecule has 0 spiro atoms. The van der Waals surface area contributed by atoms with Gasteiger partial charge in [0.1, 0.15) is 5.82 Å². The van der Waals surface area contributed by atoms with Crippen LogP contribution in [0.3, 0.4) is 0 Å². The Labute approximate surface area is 111 Å². The van der Waals surface area contributed by atoms with Gasteiger partial charge in [0.15, 0.2) is 0 Å². The lowest BCUT2D eigenvalue weighted by Gasteiger charge is -2.15. The van der Waals surface area contributed by atoms with Crippen molar-refractivity contribution in [1.82, 2.24) is 9.97 Å². The smallest absolute Gasteiger partial charge is 0.213 e. The van der Waals surface area contributed by atoms with Crippen LogP contribution in [0.5, 0.6) is 5.88 Å². The zero-order chi connectivity index (χ0) is 13.7. The first-order valence-electron chi connectivity index (χ1n) is 6.15. The summed E-state index contributed by atoms with van der Waals surface area (Å²) >= 11 is 0. The molecule has 0 aliphatic heterocycles. The van der Waals surface area contributed by atoms with Gasteiger partial charge < -0.3 is 10.1 Å². The summed E-state index contributed by atoms with van der Waals surface area (Å²) in [6.07, 6.45) is 4.52. The number of halogens is 1. The predicted octanol–water partition coefficient (Wildman–Crippen LogP) is 3.19. The van der Waals surface area contributed by atoms with Gasteiger partial charge in [-0.2, -0.15) is 0 Å². The lowest BCUT2D eigenvalue weighted by Crippen LogP contribution is -2.07. The fraction of sp³-hybridized carbons (Fsp3) is 0.286. The van der Waals surface area contributed by atoms with Crippen molar-refractivity contribution in [2.45, 2.75) is 19.9 Å². The third-order valence-electron chi connectivity index (χ3n) is 2.64. The zero-order valence-electron chi connectivity index (χ0n) is 10.9. The highest BCUT2D eigenvalue weighted by Crippen LogP contribution is 2.19. The Morgan fingerprint density at radius 2 is 2.16 bits per heavy atom. The van der Waals surface area contributed by atoms with Gasteiger partial charge in [0.05, 0.1) is 30.7 Å². The van der Waals surface area contributed by atoms with E-state index >= 15 is 0 Å². The minimum absolute atomic E-state index is 0.0528.